The molecule has 0 aliphatic heterocycles. The quantitative estimate of drug-likeness (QED) is 0.729. The van der Waals surface area contributed by atoms with Crippen molar-refractivity contribution in [2.45, 2.75) is 19.9 Å². The Morgan fingerprint density at radius 3 is 2.82 bits per heavy atom. The average Bonchev–Trinajstić information content (AvgIpc) is 2.36. The number of nitrogens with two attached hydrogens (primary N) is 1. The Hall–Kier alpha value is -1.75. The third kappa shape index (κ3) is 3.96. The topological polar surface area (TPSA) is 76.4 Å². The van der Waals surface area contributed by atoms with Gasteiger partial charge in [-0.25, -0.2) is 4.79 Å². The molecular weight excluding hydrogens is 218 g/mol. The van der Waals surface area contributed by atoms with Crippen LogP contribution >= 0.6 is 0 Å². The SMILES string of the molecule is CCCOc1ccc(CN)cc1NC(=O)NC. The molecule has 0 fully saturated rings. The highest BCUT2D eigenvalue weighted by molar-refractivity contribution is 5.90. The molecule has 0 saturated heterocycles. The Morgan fingerprint density at radius 1 is 1.47 bits per heavy atom. The van der Waals surface area contributed by atoms with Crippen molar-refractivity contribution in [1.29, 1.82) is 0 Å². The number of hydrogen-bond donors (Lipinski definition) is 3. The molecule has 5 heteroatoms. The zero-order valence-electron chi connectivity index (χ0n) is 10.2. The van der Waals surface area contributed by atoms with E-state index in [-0.39, 0.29) is 6.03 Å². The molecule has 1 rings (SSSR count). The molecule has 0 spiro atoms. The van der Waals surface area contributed by atoms with Gasteiger partial charge in [-0.15, -0.1) is 0 Å². The van der Waals surface area contributed by atoms with E-state index in [0.29, 0.717) is 24.6 Å². The highest BCUT2D eigenvalue weighted by atomic mass is 16.5. The Morgan fingerprint density at radius 2 is 2.24 bits per heavy atom. The fourth-order valence-corrected chi connectivity index (χ4v) is 1.32. The van der Waals surface area contributed by atoms with Crippen molar-refractivity contribution in [3.05, 3.63) is 23.8 Å². The van der Waals surface area contributed by atoms with Crippen LogP contribution in [0.15, 0.2) is 18.2 Å². The van der Waals surface area contributed by atoms with Gasteiger partial charge < -0.3 is 21.1 Å². The van der Waals surface area contributed by atoms with Crippen molar-refractivity contribution in [3.63, 3.8) is 0 Å². The lowest BCUT2D eigenvalue weighted by molar-refractivity contribution is 0.253. The van der Waals surface area contributed by atoms with Gasteiger partial charge in [0, 0.05) is 13.6 Å². The lowest BCUT2D eigenvalue weighted by Crippen LogP contribution is -2.25. The molecule has 17 heavy (non-hydrogen) atoms. The summed E-state index contributed by atoms with van der Waals surface area (Å²) >= 11 is 0. The van der Waals surface area contributed by atoms with E-state index in [0.717, 1.165) is 12.0 Å². The van der Waals surface area contributed by atoms with Crippen molar-refractivity contribution in [2.24, 2.45) is 5.73 Å². The molecule has 0 unspecified atom stereocenters. The fraction of sp³-hybridized carbons (Fsp3) is 0.417. The number of ether oxygens (including phenoxy) is 1. The molecule has 0 radical (unpaired) electrons. The van der Waals surface area contributed by atoms with E-state index in [2.05, 4.69) is 10.6 Å². The average molecular weight is 237 g/mol. The Kier molecular flexibility index (Phi) is 5.29. The summed E-state index contributed by atoms with van der Waals surface area (Å²) in [7, 11) is 1.56. The molecule has 5 nitrogen and oxygen atoms in total. The zero-order chi connectivity index (χ0) is 12.7. The predicted molar refractivity (Wildman–Crippen MR) is 68.2 cm³/mol. The van der Waals surface area contributed by atoms with Gasteiger partial charge >= 0.3 is 6.03 Å². The number of carbonyl (C=O) groups is 1. The summed E-state index contributed by atoms with van der Waals surface area (Å²) < 4.78 is 5.55. The van der Waals surface area contributed by atoms with Gasteiger partial charge in [-0.3, -0.25) is 0 Å². The number of nitrogens with one attached hydrogen (secondary N) is 2. The minimum absolute atomic E-state index is 0.277. The molecule has 0 bridgehead atoms. The van der Waals surface area contributed by atoms with Crippen LogP contribution in [0.5, 0.6) is 5.75 Å². The number of amides is 2. The molecule has 1 aromatic rings. The molecule has 1 aromatic carbocycles. The van der Waals surface area contributed by atoms with E-state index in [1.54, 1.807) is 7.05 Å². The lowest BCUT2D eigenvalue weighted by atomic mass is 10.2. The first-order valence-corrected chi connectivity index (χ1v) is 5.65. The molecule has 0 atom stereocenters. The highest BCUT2D eigenvalue weighted by Crippen LogP contribution is 2.25. The highest BCUT2D eigenvalue weighted by Gasteiger charge is 2.07. The van der Waals surface area contributed by atoms with Crippen molar-refractivity contribution in [3.8, 4) is 5.75 Å². The summed E-state index contributed by atoms with van der Waals surface area (Å²) in [6.07, 6.45) is 0.915. The maximum atomic E-state index is 11.3. The summed E-state index contributed by atoms with van der Waals surface area (Å²) in [4.78, 5) is 11.3. The van der Waals surface area contributed by atoms with Crippen LogP contribution in [-0.4, -0.2) is 19.7 Å². The molecule has 0 aliphatic carbocycles. The first-order valence-electron chi connectivity index (χ1n) is 5.65. The number of rotatable bonds is 5. The molecule has 0 heterocycles. The molecule has 4 N–H and O–H groups in total. The van der Waals surface area contributed by atoms with E-state index in [4.69, 9.17) is 10.5 Å². The standard InChI is InChI=1S/C12H19N3O2/c1-3-6-17-11-5-4-9(8-13)7-10(11)15-12(16)14-2/h4-5,7H,3,6,8,13H2,1-2H3,(H2,14,15,16). The van der Waals surface area contributed by atoms with E-state index in [1.807, 2.05) is 25.1 Å². The van der Waals surface area contributed by atoms with Gasteiger partial charge in [-0.05, 0) is 24.1 Å². The van der Waals surface area contributed by atoms with Crippen LogP contribution in [0.2, 0.25) is 0 Å². The minimum atomic E-state index is -0.277. The molecule has 0 aliphatic rings. The predicted octanol–water partition coefficient (Wildman–Crippen LogP) is 1.69. The number of hydrogen-bond acceptors (Lipinski definition) is 3. The zero-order valence-corrected chi connectivity index (χ0v) is 10.2. The Balaban J connectivity index is 2.90. The summed E-state index contributed by atoms with van der Waals surface area (Å²) in [6.45, 7) is 3.07. The Bertz CT molecular complexity index is 380. The summed E-state index contributed by atoms with van der Waals surface area (Å²) in [6, 6.07) is 5.25. The van der Waals surface area contributed by atoms with Gasteiger partial charge in [0.15, 0.2) is 0 Å². The summed E-state index contributed by atoms with van der Waals surface area (Å²) in [5.41, 5.74) is 7.15. The largest absolute Gasteiger partial charge is 0.491 e. The number of benzene rings is 1. The first kappa shape index (κ1) is 13.3. The monoisotopic (exact) mass is 237 g/mol. The smallest absolute Gasteiger partial charge is 0.319 e. The Labute approximate surface area is 101 Å². The maximum absolute atomic E-state index is 11.3. The van der Waals surface area contributed by atoms with E-state index < -0.39 is 0 Å². The normalized spacial score (nSPS) is 9.82. The van der Waals surface area contributed by atoms with Crippen molar-refractivity contribution >= 4 is 11.7 Å². The lowest BCUT2D eigenvalue weighted by Gasteiger charge is -2.13. The number of urea groups is 1. The summed E-state index contributed by atoms with van der Waals surface area (Å²) in [5.74, 6) is 0.660. The molecule has 2 amide bonds. The number of carbonyl (C=O) groups excluding carboxylic acids is 1. The van der Waals surface area contributed by atoms with E-state index >= 15 is 0 Å². The van der Waals surface area contributed by atoms with Gasteiger partial charge in [0.05, 0.1) is 12.3 Å². The van der Waals surface area contributed by atoms with E-state index in [1.165, 1.54) is 0 Å². The van der Waals surface area contributed by atoms with Crippen LogP contribution in [0.25, 0.3) is 0 Å². The van der Waals surface area contributed by atoms with E-state index in [9.17, 15) is 4.79 Å². The van der Waals surface area contributed by atoms with Gasteiger partial charge in [0.2, 0.25) is 0 Å². The van der Waals surface area contributed by atoms with Gasteiger partial charge in [0.25, 0.3) is 0 Å². The first-order chi connectivity index (χ1) is 8.21. The van der Waals surface area contributed by atoms with Crippen molar-refractivity contribution < 1.29 is 9.53 Å². The third-order valence-electron chi connectivity index (χ3n) is 2.22. The second kappa shape index (κ2) is 6.75. The number of anilines is 1. The van der Waals surface area contributed by atoms with Crippen LogP contribution in [0.1, 0.15) is 18.9 Å². The van der Waals surface area contributed by atoms with Crippen LogP contribution in [0.4, 0.5) is 10.5 Å². The molecule has 94 valence electrons. The minimum Gasteiger partial charge on any atom is -0.491 e. The van der Waals surface area contributed by atoms with Crippen molar-refractivity contribution in [1.82, 2.24) is 5.32 Å². The van der Waals surface area contributed by atoms with Crippen LogP contribution < -0.4 is 21.1 Å². The fourth-order valence-electron chi connectivity index (χ4n) is 1.32. The van der Waals surface area contributed by atoms with Gasteiger partial charge in [-0.2, -0.15) is 0 Å². The van der Waals surface area contributed by atoms with Crippen LogP contribution in [0.3, 0.4) is 0 Å². The maximum Gasteiger partial charge on any atom is 0.319 e. The summed E-state index contributed by atoms with van der Waals surface area (Å²) in [5, 5.41) is 5.21. The van der Waals surface area contributed by atoms with Crippen LogP contribution in [0, 0.1) is 0 Å². The molecular formula is C12H19N3O2. The van der Waals surface area contributed by atoms with Crippen molar-refractivity contribution in [2.75, 3.05) is 19.0 Å². The van der Waals surface area contributed by atoms with Gasteiger partial charge in [0.1, 0.15) is 5.75 Å². The molecule has 0 aromatic heterocycles. The van der Waals surface area contributed by atoms with Crippen LogP contribution in [-0.2, 0) is 6.54 Å². The third-order valence-corrected chi connectivity index (χ3v) is 2.22. The second-order valence-electron chi connectivity index (χ2n) is 3.59. The second-order valence-corrected chi connectivity index (χ2v) is 3.59. The molecule has 0 saturated carbocycles. The van der Waals surface area contributed by atoms with Gasteiger partial charge in [-0.1, -0.05) is 13.0 Å².